The standard InChI is InChI=1S/C16H28N4O2/c1-11(2)10-14(21)13-6-8-20(9-7-13)16(22)5-4-15-17-12(3)18-19-15/h11,13-14,21H,4-10H2,1-3H3,(H,17,18,19)/t14-/m0/s1. The Labute approximate surface area is 132 Å². The molecule has 22 heavy (non-hydrogen) atoms. The Balaban J connectivity index is 1.72. The van der Waals surface area contributed by atoms with Crippen LogP contribution in [-0.2, 0) is 11.2 Å². The molecule has 1 aromatic rings. The Morgan fingerprint density at radius 2 is 2.09 bits per heavy atom. The van der Waals surface area contributed by atoms with Crippen molar-refractivity contribution in [1.82, 2.24) is 20.1 Å². The highest BCUT2D eigenvalue weighted by Crippen LogP contribution is 2.24. The largest absolute Gasteiger partial charge is 0.393 e. The van der Waals surface area contributed by atoms with Crippen molar-refractivity contribution in [2.45, 2.75) is 59.0 Å². The molecule has 2 N–H and O–H groups in total. The van der Waals surface area contributed by atoms with Crippen molar-refractivity contribution in [1.29, 1.82) is 0 Å². The maximum absolute atomic E-state index is 12.2. The van der Waals surface area contributed by atoms with Crippen molar-refractivity contribution in [3.63, 3.8) is 0 Å². The molecule has 0 unspecified atom stereocenters. The number of hydrogen-bond donors (Lipinski definition) is 2. The van der Waals surface area contributed by atoms with Gasteiger partial charge >= 0.3 is 0 Å². The number of aryl methyl sites for hydroxylation is 2. The number of H-pyrrole nitrogens is 1. The number of aromatic amines is 1. The number of carbonyl (C=O) groups excluding carboxylic acids is 1. The lowest BCUT2D eigenvalue weighted by Gasteiger charge is -2.34. The maximum atomic E-state index is 12.2. The summed E-state index contributed by atoms with van der Waals surface area (Å²) in [5.74, 6) is 2.50. The van der Waals surface area contributed by atoms with E-state index in [1.807, 2.05) is 11.8 Å². The number of piperidine rings is 1. The van der Waals surface area contributed by atoms with Crippen LogP contribution in [0.25, 0.3) is 0 Å². The first-order chi connectivity index (χ1) is 10.5. The zero-order valence-electron chi connectivity index (χ0n) is 13.9. The quantitative estimate of drug-likeness (QED) is 0.838. The molecule has 6 heteroatoms. The number of nitrogens with one attached hydrogen (secondary N) is 1. The zero-order valence-corrected chi connectivity index (χ0v) is 13.9. The number of nitrogens with zero attached hydrogens (tertiary/aromatic N) is 3. The highest BCUT2D eigenvalue weighted by molar-refractivity contribution is 5.76. The van der Waals surface area contributed by atoms with Crippen molar-refractivity contribution in [3.8, 4) is 0 Å². The lowest BCUT2D eigenvalue weighted by atomic mass is 9.87. The third-order valence-corrected chi connectivity index (χ3v) is 4.36. The van der Waals surface area contributed by atoms with Gasteiger partial charge in [-0.25, -0.2) is 4.98 Å². The average Bonchev–Trinajstić information content (AvgIpc) is 2.90. The number of aromatic nitrogens is 3. The summed E-state index contributed by atoms with van der Waals surface area (Å²) in [6.45, 7) is 7.63. The van der Waals surface area contributed by atoms with Gasteiger partial charge in [-0.2, -0.15) is 5.10 Å². The van der Waals surface area contributed by atoms with Gasteiger partial charge in [-0.3, -0.25) is 9.89 Å². The Morgan fingerprint density at radius 1 is 1.41 bits per heavy atom. The van der Waals surface area contributed by atoms with E-state index in [1.54, 1.807) is 0 Å². The van der Waals surface area contributed by atoms with Crippen LogP contribution in [0.15, 0.2) is 0 Å². The summed E-state index contributed by atoms with van der Waals surface area (Å²) < 4.78 is 0. The lowest BCUT2D eigenvalue weighted by molar-refractivity contribution is -0.133. The Bertz CT molecular complexity index is 478. The van der Waals surface area contributed by atoms with Gasteiger partial charge in [-0.1, -0.05) is 13.8 Å². The second-order valence-electron chi connectivity index (χ2n) is 6.75. The zero-order chi connectivity index (χ0) is 16.1. The second-order valence-corrected chi connectivity index (χ2v) is 6.75. The van der Waals surface area contributed by atoms with Gasteiger partial charge in [0.25, 0.3) is 0 Å². The van der Waals surface area contributed by atoms with Gasteiger partial charge in [0.1, 0.15) is 5.82 Å². The molecule has 1 fully saturated rings. The van der Waals surface area contributed by atoms with Gasteiger partial charge in [-0.15, -0.1) is 0 Å². The van der Waals surface area contributed by atoms with Crippen LogP contribution >= 0.6 is 0 Å². The smallest absolute Gasteiger partial charge is 0.223 e. The fourth-order valence-electron chi connectivity index (χ4n) is 3.09. The van der Waals surface area contributed by atoms with E-state index in [1.165, 1.54) is 0 Å². The fourth-order valence-corrected chi connectivity index (χ4v) is 3.09. The maximum Gasteiger partial charge on any atom is 0.223 e. The van der Waals surface area contributed by atoms with Crippen LogP contribution in [0.2, 0.25) is 0 Å². The topological polar surface area (TPSA) is 82.1 Å². The van der Waals surface area contributed by atoms with E-state index in [2.05, 4.69) is 29.0 Å². The van der Waals surface area contributed by atoms with E-state index in [9.17, 15) is 9.90 Å². The number of likely N-dealkylation sites (tertiary alicyclic amines) is 1. The van der Waals surface area contributed by atoms with Gasteiger partial charge in [0.05, 0.1) is 6.10 Å². The average molecular weight is 308 g/mol. The fraction of sp³-hybridized carbons (Fsp3) is 0.812. The lowest BCUT2D eigenvalue weighted by Crippen LogP contribution is -2.41. The van der Waals surface area contributed by atoms with Crippen molar-refractivity contribution in [2.75, 3.05) is 13.1 Å². The minimum absolute atomic E-state index is 0.166. The predicted octanol–water partition coefficient (Wildman–Crippen LogP) is 1.69. The molecule has 1 amide bonds. The highest BCUT2D eigenvalue weighted by atomic mass is 16.3. The van der Waals surface area contributed by atoms with E-state index in [0.717, 1.165) is 38.2 Å². The molecule has 6 nitrogen and oxygen atoms in total. The van der Waals surface area contributed by atoms with Gasteiger partial charge in [0.2, 0.25) is 5.91 Å². The van der Waals surface area contributed by atoms with Gasteiger partial charge in [0, 0.05) is 25.9 Å². The first-order valence-electron chi connectivity index (χ1n) is 8.29. The Hall–Kier alpha value is -1.43. The Kier molecular flexibility index (Phi) is 5.94. The summed E-state index contributed by atoms with van der Waals surface area (Å²) in [4.78, 5) is 18.4. The van der Waals surface area contributed by atoms with E-state index >= 15 is 0 Å². The second kappa shape index (κ2) is 7.72. The molecule has 1 aromatic heterocycles. The minimum Gasteiger partial charge on any atom is -0.393 e. The van der Waals surface area contributed by atoms with Crippen LogP contribution in [0.5, 0.6) is 0 Å². The van der Waals surface area contributed by atoms with Crippen LogP contribution < -0.4 is 0 Å². The molecule has 1 aliphatic heterocycles. The van der Waals surface area contributed by atoms with E-state index in [-0.39, 0.29) is 12.0 Å². The Morgan fingerprint density at radius 3 is 2.64 bits per heavy atom. The molecular formula is C16H28N4O2. The predicted molar refractivity (Wildman–Crippen MR) is 84.2 cm³/mol. The summed E-state index contributed by atoms with van der Waals surface area (Å²) in [6, 6.07) is 0. The third kappa shape index (κ3) is 4.80. The van der Waals surface area contributed by atoms with Crippen LogP contribution in [0.3, 0.4) is 0 Å². The monoisotopic (exact) mass is 308 g/mol. The van der Waals surface area contributed by atoms with E-state index in [0.29, 0.717) is 30.5 Å². The van der Waals surface area contributed by atoms with Crippen LogP contribution in [-0.4, -0.2) is 50.3 Å². The molecule has 0 bridgehead atoms. The van der Waals surface area contributed by atoms with Crippen LogP contribution in [0.4, 0.5) is 0 Å². The molecule has 124 valence electrons. The molecule has 1 saturated heterocycles. The minimum atomic E-state index is -0.228. The van der Waals surface area contributed by atoms with E-state index in [4.69, 9.17) is 0 Å². The molecule has 1 atom stereocenters. The number of aliphatic hydroxyl groups excluding tert-OH is 1. The van der Waals surface area contributed by atoms with Gasteiger partial charge in [-0.05, 0) is 38.0 Å². The molecular weight excluding hydrogens is 280 g/mol. The first kappa shape index (κ1) is 16.9. The van der Waals surface area contributed by atoms with Crippen molar-refractivity contribution in [3.05, 3.63) is 11.6 Å². The van der Waals surface area contributed by atoms with Crippen LogP contribution in [0, 0.1) is 18.8 Å². The highest BCUT2D eigenvalue weighted by Gasteiger charge is 2.27. The molecule has 2 heterocycles. The first-order valence-corrected chi connectivity index (χ1v) is 8.29. The summed E-state index contributed by atoms with van der Waals surface area (Å²) in [7, 11) is 0. The van der Waals surface area contributed by atoms with Crippen LogP contribution in [0.1, 0.15) is 51.2 Å². The molecule has 0 spiro atoms. The normalized spacial score (nSPS) is 18.0. The number of aliphatic hydroxyl groups is 1. The SMILES string of the molecule is Cc1nc(CCC(=O)N2CCC([C@@H](O)CC(C)C)CC2)n[nH]1. The molecule has 0 saturated carbocycles. The molecule has 0 aromatic carbocycles. The number of carbonyl (C=O) groups is 1. The summed E-state index contributed by atoms with van der Waals surface area (Å²) in [5, 5.41) is 17.0. The molecule has 2 rings (SSSR count). The van der Waals surface area contributed by atoms with Crippen molar-refractivity contribution >= 4 is 5.91 Å². The van der Waals surface area contributed by atoms with Crippen molar-refractivity contribution < 1.29 is 9.90 Å². The molecule has 1 aliphatic rings. The van der Waals surface area contributed by atoms with Gasteiger partial charge in [0.15, 0.2) is 5.82 Å². The summed E-state index contributed by atoms with van der Waals surface area (Å²) >= 11 is 0. The summed E-state index contributed by atoms with van der Waals surface area (Å²) in [6.07, 6.45) is 3.46. The molecule has 0 aliphatic carbocycles. The molecule has 0 radical (unpaired) electrons. The number of hydrogen-bond acceptors (Lipinski definition) is 4. The van der Waals surface area contributed by atoms with E-state index < -0.39 is 0 Å². The number of amides is 1. The van der Waals surface area contributed by atoms with Crippen molar-refractivity contribution in [2.24, 2.45) is 11.8 Å². The third-order valence-electron chi connectivity index (χ3n) is 4.36. The summed E-state index contributed by atoms with van der Waals surface area (Å²) in [5.41, 5.74) is 0. The van der Waals surface area contributed by atoms with Gasteiger partial charge < -0.3 is 10.0 Å². The number of rotatable bonds is 6.